The summed E-state index contributed by atoms with van der Waals surface area (Å²) >= 11 is 3.06. The SMILES string of the molecule is CCOC(=O)C(F)(F)c1ccc(Br)cc1C#N. The van der Waals surface area contributed by atoms with Gasteiger partial charge in [-0.1, -0.05) is 15.9 Å². The standard InChI is InChI=1S/C11H8BrF2NO2/c1-2-17-10(16)11(13,14)9-4-3-8(12)5-7(9)6-15/h3-5H,2H2,1H3. The molecule has 3 nitrogen and oxygen atoms in total. The average molecular weight is 304 g/mol. The predicted octanol–water partition coefficient (Wildman–Crippen LogP) is 2.98. The monoisotopic (exact) mass is 303 g/mol. The largest absolute Gasteiger partial charge is 0.461 e. The topological polar surface area (TPSA) is 50.1 Å². The van der Waals surface area contributed by atoms with Crippen LogP contribution in [0.1, 0.15) is 18.1 Å². The summed E-state index contributed by atoms with van der Waals surface area (Å²) in [5.74, 6) is -5.47. The Balaban J connectivity index is 3.24. The van der Waals surface area contributed by atoms with Crippen LogP contribution < -0.4 is 0 Å². The Morgan fingerprint density at radius 2 is 2.24 bits per heavy atom. The second-order valence-electron chi connectivity index (χ2n) is 3.10. The van der Waals surface area contributed by atoms with E-state index < -0.39 is 17.5 Å². The Kier molecular flexibility index (Phi) is 4.18. The van der Waals surface area contributed by atoms with Gasteiger partial charge < -0.3 is 4.74 Å². The predicted molar refractivity (Wildman–Crippen MR) is 59.4 cm³/mol. The minimum Gasteiger partial charge on any atom is -0.461 e. The number of nitriles is 1. The molecule has 0 aliphatic rings. The van der Waals surface area contributed by atoms with Crippen LogP contribution in [0.15, 0.2) is 22.7 Å². The fraction of sp³-hybridized carbons (Fsp3) is 0.273. The molecule has 0 amide bonds. The number of hydrogen-bond donors (Lipinski definition) is 0. The molecule has 0 atom stereocenters. The van der Waals surface area contributed by atoms with Crippen molar-refractivity contribution in [1.82, 2.24) is 0 Å². The Hall–Kier alpha value is -1.48. The maximum atomic E-state index is 13.7. The summed E-state index contributed by atoms with van der Waals surface area (Å²) in [7, 11) is 0. The molecule has 0 saturated heterocycles. The van der Waals surface area contributed by atoms with Gasteiger partial charge in [0.1, 0.15) is 0 Å². The van der Waals surface area contributed by atoms with Crippen LogP contribution in [-0.4, -0.2) is 12.6 Å². The second kappa shape index (κ2) is 5.23. The van der Waals surface area contributed by atoms with Crippen molar-refractivity contribution in [3.05, 3.63) is 33.8 Å². The number of alkyl halides is 2. The molecule has 17 heavy (non-hydrogen) atoms. The smallest absolute Gasteiger partial charge is 0.382 e. The molecule has 0 heterocycles. The number of nitrogens with zero attached hydrogens (tertiary/aromatic N) is 1. The summed E-state index contributed by atoms with van der Waals surface area (Å²) in [6.07, 6.45) is 0. The van der Waals surface area contributed by atoms with Gasteiger partial charge in [0.15, 0.2) is 0 Å². The van der Waals surface area contributed by atoms with E-state index in [4.69, 9.17) is 5.26 Å². The molecular formula is C11H8BrF2NO2. The van der Waals surface area contributed by atoms with Gasteiger partial charge in [-0.2, -0.15) is 14.0 Å². The fourth-order valence-corrected chi connectivity index (χ4v) is 1.58. The first kappa shape index (κ1) is 13.6. The molecule has 0 bridgehead atoms. The number of carbonyl (C=O) groups excluding carboxylic acids is 1. The molecule has 0 N–H and O–H groups in total. The van der Waals surface area contributed by atoms with Crippen LogP contribution in [0.2, 0.25) is 0 Å². The third kappa shape index (κ3) is 2.80. The van der Waals surface area contributed by atoms with Gasteiger partial charge in [-0.3, -0.25) is 0 Å². The van der Waals surface area contributed by atoms with Crippen molar-refractivity contribution in [3.63, 3.8) is 0 Å². The lowest BCUT2D eigenvalue weighted by Crippen LogP contribution is -2.29. The highest BCUT2D eigenvalue weighted by Crippen LogP contribution is 2.33. The maximum absolute atomic E-state index is 13.7. The van der Waals surface area contributed by atoms with Crippen molar-refractivity contribution >= 4 is 21.9 Å². The summed E-state index contributed by atoms with van der Waals surface area (Å²) in [4.78, 5) is 11.1. The van der Waals surface area contributed by atoms with E-state index in [-0.39, 0.29) is 12.2 Å². The highest BCUT2D eigenvalue weighted by Gasteiger charge is 2.44. The lowest BCUT2D eigenvalue weighted by molar-refractivity contribution is -0.173. The lowest BCUT2D eigenvalue weighted by atomic mass is 10.0. The van der Waals surface area contributed by atoms with Crippen molar-refractivity contribution < 1.29 is 18.3 Å². The summed E-state index contributed by atoms with van der Waals surface area (Å²) in [5.41, 5.74) is -0.918. The number of hydrogen-bond acceptors (Lipinski definition) is 3. The minimum atomic E-state index is -3.82. The normalized spacial score (nSPS) is 10.8. The number of ether oxygens (including phenoxy) is 1. The van der Waals surface area contributed by atoms with Crippen molar-refractivity contribution in [1.29, 1.82) is 5.26 Å². The molecule has 0 radical (unpaired) electrons. The molecule has 1 aromatic carbocycles. The zero-order valence-corrected chi connectivity index (χ0v) is 10.4. The van der Waals surface area contributed by atoms with Crippen molar-refractivity contribution in [2.45, 2.75) is 12.8 Å². The number of rotatable bonds is 3. The van der Waals surface area contributed by atoms with Crippen LogP contribution in [0, 0.1) is 11.3 Å². The van der Waals surface area contributed by atoms with E-state index >= 15 is 0 Å². The third-order valence-corrected chi connectivity index (χ3v) is 2.47. The zero-order valence-electron chi connectivity index (χ0n) is 8.84. The molecule has 0 unspecified atom stereocenters. The number of carbonyl (C=O) groups is 1. The van der Waals surface area contributed by atoms with Crippen molar-refractivity contribution in [2.24, 2.45) is 0 Å². The van der Waals surface area contributed by atoms with Gasteiger partial charge in [-0.25, -0.2) is 4.79 Å². The molecule has 1 aromatic rings. The van der Waals surface area contributed by atoms with E-state index in [9.17, 15) is 13.6 Å². The quantitative estimate of drug-likeness (QED) is 0.807. The van der Waals surface area contributed by atoms with Crippen LogP contribution in [0.5, 0.6) is 0 Å². The van der Waals surface area contributed by atoms with Crippen LogP contribution >= 0.6 is 15.9 Å². The van der Waals surface area contributed by atoms with Crippen LogP contribution in [0.25, 0.3) is 0 Å². The van der Waals surface area contributed by atoms with E-state index in [2.05, 4.69) is 20.7 Å². The summed E-state index contributed by atoms with van der Waals surface area (Å²) in [6, 6.07) is 5.21. The van der Waals surface area contributed by atoms with E-state index in [1.54, 1.807) is 6.07 Å². The van der Waals surface area contributed by atoms with E-state index in [1.165, 1.54) is 19.1 Å². The highest BCUT2D eigenvalue weighted by atomic mass is 79.9. The highest BCUT2D eigenvalue weighted by molar-refractivity contribution is 9.10. The molecule has 1 rings (SSSR count). The third-order valence-electron chi connectivity index (χ3n) is 1.97. The molecule has 6 heteroatoms. The van der Waals surface area contributed by atoms with Gasteiger partial charge in [0.2, 0.25) is 0 Å². The van der Waals surface area contributed by atoms with Crippen molar-refractivity contribution in [3.8, 4) is 6.07 Å². The van der Waals surface area contributed by atoms with Crippen LogP contribution in [-0.2, 0) is 15.5 Å². The molecule has 0 aliphatic heterocycles. The summed E-state index contributed by atoms with van der Waals surface area (Å²) < 4.78 is 32.1. The number of esters is 1. The number of halogens is 3. The number of benzene rings is 1. The van der Waals surface area contributed by atoms with Gasteiger partial charge in [-0.05, 0) is 25.1 Å². The van der Waals surface area contributed by atoms with Crippen molar-refractivity contribution in [2.75, 3.05) is 6.61 Å². The first-order chi connectivity index (χ1) is 7.93. The Bertz CT molecular complexity index is 483. The van der Waals surface area contributed by atoms with E-state index in [1.807, 2.05) is 0 Å². The summed E-state index contributed by atoms with van der Waals surface area (Å²) in [5, 5.41) is 8.76. The van der Waals surface area contributed by atoms with E-state index in [0.29, 0.717) is 4.47 Å². The lowest BCUT2D eigenvalue weighted by Gasteiger charge is -2.16. The van der Waals surface area contributed by atoms with Gasteiger partial charge in [0.25, 0.3) is 0 Å². The van der Waals surface area contributed by atoms with E-state index in [0.717, 1.165) is 6.07 Å². The molecular weight excluding hydrogens is 296 g/mol. The Morgan fingerprint density at radius 1 is 1.59 bits per heavy atom. The first-order valence-electron chi connectivity index (χ1n) is 4.68. The van der Waals surface area contributed by atoms with Gasteiger partial charge in [0.05, 0.1) is 23.8 Å². The molecule has 0 fully saturated rings. The first-order valence-corrected chi connectivity index (χ1v) is 5.48. The Morgan fingerprint density at radius 3 is 2.76 bits per heavy atom. The molecule has 0 saturated carbocycles. The van der Waals surface area contributed by atoms with Crippen LogP contribution in [0.4, 0.5) is 8.78 Å². The van der Waals surface area contributed by atoms with Gasteiger partial charge >= 0.3 is 11.9 Å². The zero-order chi connectivity index (χ0) is 13.1. The summed E-state index contributed by atoms with van der Waals surface area (Å²) in [6.45, 7) is 1.29. The van der Waals surface area contributed by atoms with Crippen LogP contribution in [0.3, 0.4) is 0 Å². The van der Waals surface area contributed by atoms with Gasteiger partial charge in [0, 0.05) is 4.47 Å². The second-order valence-corrected chi connectivity index (χ2v) is 4.01. The Labute approximate surface area is 105 Å². The minimum absolute atomic E-state index is 0.146. The molecule has 0 aliphatic carbocycles. The molecule has 0 aromatic heterocycles. The van der Waals surface area contributed by atoms with Gasteiger partial charge in [-0.15, -0.1) is 0 Å². The average Bonchev–Trinajstić information content (AvgIpc) is 2.28. The molecule has 0 spiro atoms. The fourth-order valence-electron chi connectivity index (χ4n) is 1.21. The maximum Gasteiger partial charge on any atom is 0.382 e. The molecule has 90 valence electrons.